The number of hydrogen-bond acceptors (Lipinski definition) is 11. The van der Waals surface area contributed by atoms with Crippen LogP contribution in [0.1, 0.15) is 11.1 Å². The first-order valence-electron chi connectivity index (χ1n) is 10.9. The number of methoxy groups -OCH3 is 1. The van der Waals surface area contributed by atoms with E-state index in [4.69, 9.17) is 24.1 Å². The second-order valence-corrected chi connectivity index (χ2v) is 7.84. The fraction of sp³-hybridized carbons (Fsp3) is 0.320. The number of aliphatic hydroxyl groups is 4. The third-order valence-electron chi connectivity index (χ3n) is 5.32. The number of hydrogen-bond donors (Lipinski definition) is 6. The largest absolute Gasteiger partial charge is 0.504 e. The first-order valence-corrected chi connectivity index (χ1v) is 10.9. The summed E-state index contributed by atoms with van der Waals surface area (Å²) in [5, 5.41) is 58.7. The Bertz CT molecular complexity index is 1100. The number of rotatable bonds is 9. The lowest BCUT2D eigenvalue weighted by Crippen LogP contribution is -2.60. The predicted octanol–water partition coefficient (Wildman–Crippen LogP) is 0.555. The summed E-state index contributed by atoms with van der Waals surface area (Å²) in [5.41, 5.74) is 1.14. The Hall–Kier alpha value is -3.61. The molecule has 1 saturated heterocycles. The van der Waals surface area contributed by atoms with E-state index in [1.165, 1.54) is 37.5 Å². The number of phenolic OH excluding ortho intramolecular Hbond substituents is 2. The van der Waals surface area contributed by atoms with Gasteiger partial charge in [0.05, 0.1) is 13.7 Å². The number of carbonyl (C=O) groups is 1. The average Bonchev–Trinajstić information content (AvgIpc) is 2.88. The molecular formula is C25H28O11. The molecule has 3 rings (SSSR count). The van der Waals surface area contributed by atoms with Gasteiger partial charge in [-0.05, 0) is 41.5 Å². The van der Waals surface area contributed by atoms with E-state index in [-0.39, 0.29) is 23.9 Å². The molecule has 1 aliphatic heterocycles. The zero-order chi connectivity index (χ0) is 26.2. The molecule has 1 heterocycles. The molecular weight excluding hydrogens is 476 g/mol. The van der Waals surface area contributed by atoms with E-state index in [0.29, 0.717) is 16.9 Å². The van der Waals surface area contributed by atoms with Crippen LogP contribution in [0.25, 0.3) is 12.2 Å². The summed E-state index contributed by atoms with van der Waals surface area (Å²) in [6, 6.07) is 8.82. The normalized spacial score (nSPS) is 24.2. The van der Waals surface area contributed by atoms with E-state index in [2.05, 4.69) is 0 Å². The lowest BCUT2D eigenvalue weighted by Gasteiger charge is -2.40. The molecule has 5 atom stereocenters. The highest BCUT2D eigenvalue weighted by Crippen LogP contribution is 2.32. The van der Waals surface area contributed by atoms with Gasteiger partial charge >= 0.3 is 5.97 Å². The summed E-state index contributed by atoms with van der Waals surface area (Å²) in [6.07, 6.45) is -1.87. The molecule has 2 aromatic carbocycles. The molecule has 0 aliphatic carbocycles. The van der Waals surface area contributed by atoms with Gasteiger partial charge in [-0.1, -0.05) is 24.3 Å². The smallest absolute Gasteiger partial charge is 0.330 e. The lowest BCUT2D eigenvalue weighted by molar-refractivity contribution is -0.278. The SMILES string of the molecule is COc1cc(/C=C/CO)ccc1O[C@@H]1O[C@H](COC(=O)/C=C/c2ccc(O)c(O)c2)[C@@H](O)[C@H](O)[C@H]1O. The molecule has 0 amide bonds. The van der Waals surface area contributed by atoms with Crippen molar-refractivity contribution in [3.05, 3.63) is 59.7 Å². The van der Waals surface area contributed by atoms with Crippen molar-refractivity contribution in [3.63, 3.8) is 0 Å². The molecule has 6 N–H and O–H groups in total. The molecule has 11 heteroatoms. The first kappa shape index (κ1) is 27.0. The van der Waals surface area contributed by atoms with Crippen LogP contribution < -0.4 is 9.47 Å². The summed E-state index contributed by atoms with van der Waals surface area (Å²) in [4.78, 5) is 12.1. The van der Waals surface area contributed by atoms with Crippen molar-refractivity contribution in [1.29, 1.82) is 0 Å². The highest BCUT2D eigenvalue weighted by atomic mass is 16.7. The van der Waals surface area contributed by atoms with E-state index >= 15 is 0 Å². The Morgan fingerprint density at radius 3 is 2.36 bits per heavy atom. The number of phenols is 2. The van der Waals surface area contributed by atoms with Gasteiger partial charge < -0.3 is 49.6 Å². The first-order chi connectivity index (χ1) is 17.2. The van der Waals surface area contributed by atoms with Gasteiger partial charge in [-0.25, -0.2) is 4.79 Å². The van der Waals surface area contributed by atoms with Crippen molar-refractivity contribution >= 4 is 18.1 Å². The van der Waals surface area contributed by atoms with Gasteiger partial charge in [0, 0.05) is 6.08 Å². The minimum Gasteiger partial charge on any atom is -0.504 e. The fourth-order valence-electron chi connectivity index (χ4n) is 3.37. The summed E-state index contributed by atoms with van der Waals surface area (Å²) >= 11 is 0. The Balaban J connectivity index is 1.64. The van der Waals surface area contributed by atoms with Crippen molar-refractivity contribution in [2.24, 2.45) is 0 Å². The van der Waals surface area contributed by atoms with Crippen LogP contribution in [0, 0.1) is 0 Å². The minimum absolute atomic E-state index is 0.134. The summed E-state index contributed by atoms with van der Waals surface area (Å²) in [6.45, 7) is -0.595. The Labute approximate surface area is 206 Å². The predicted molar refractivity (Wildman–Crippen MR) is 126 cm³/mol. The number of esters is 1. The van der Waals surface area contributed by atoms with Crippen LogP contribution in [0.5, 0.6) is 23.0 Å². The summed E-state index contributed by atoms with van der Waals surface area (Å²) < 4.78 is 21.6. The molecule has 0 spiro atoms. The van der Waals surface area contributed by atoms with Gasteiger partial charge in [-0.15, -0.1) is 0 Å². The van der Waals surface area contributed by atoms with Crippen molar-refractivity contribution in [2.75, 3.05) is 20.3 Å². The number of ether oxygens (including phenoxy) is 4. The number of benzene rings is 2. The van der Waals surface area contributed by atoms with Crippen LogP contribution in [0.4, 0.5) is 0 Å². The maximum Gasteiger partial charge on any atom is 0.330 e. The molecule has 36 heavy (non-hydrogen) atoms. The summed E-state index contributed by atoms with van der Waals surface area (Å²) in [7, 11) is 1.41. The van der Waals surface area contributed by atoms with Crippen LogP contribution in [0.2, 0.25) is 0 Å². The van der Waals surface area contributed by atoms with Crippen molar-refractivity contribution in [1.82, 2.24) is 0 Å². The highest BCUT2D eigenvalue weighted by Gasteiger charge is 2.45. The van der Waals surface area contributed by atoms with Crippen LogP contribution in [0.3, 0.4) is 0 Å². The maximum atomic E-state index is 12.1. The van der Waals surface area contributed by atoms with E-state index < -0.39 is 43.3 Å². The van der Waals surface area contributed by atoms with Crippen LogP contribution in [-0.2, 0) is 14.3 Å². The lowest BCUT2D eigenvalue weighted by atomic mass is 9.99. The zero-order valence-electron chi connectivity index (χ0n) is 19.3. The van der Waals surface area contributed by atoms with Gasteiger partial charge in [0.2, 0.25) is 6.29 Å². The van der Waals surface area contributed by atoms with Crippen LogP contribution in [-0.4, -0.2) is 87.6 Å². The highest BCUT2D eigenvalue weighted by molar-refractivity contribution is 5.87. The van der Waals surface area contributed by atoms with Crippen molar-refractivity contribution in [3.8, 4) is 23.0 Å². The maximum absolute atomic E-state index is 12.1. The number of carbonyl (C=O) groups excluding carboxylic acids is 1. The fourth-order valence-corrected chi connectivity index (χ4v) is 3.37. The molecule has 194 valence electrons. The number of aliphatic hydroxyl groups excluding tert-OH is 4. The second-order valence-electron chi connectivity index (χ2n) is 7.84. The third-order valence-corrected chi connectivity index (χ3v) is 5.32. The number of aromatic hydroxyl groups is 2. The molecule has 0 aromatic heterocycles. The Morgan fingerprint density at radius 1 is 0.944 bits per heavy atom. The quantitative estimate of drug-likeness (QED) is 0.160. The molecule has 2 aromatic rings. The zero-order valence-corrected chi connectivity index (χ0v) is 19.3. The molecule has 0 unspecified atom stereocenters. The van der Waals surface area contributed by atoms with E-state index in [0.717, 1.165) is 6.08 Å². The molecule has 11 nitrogen and oxygen atoms in total. The van der Waals surface area contributed by atoms with E-state index in [1.807, 2.05) is 0 Å². The Morgan fingerprint density at radius 2 is 1.67 bits per heavy atom. The van der Waals surface area contributed by atoms with E-state index in [9.17, 15) is 30.3 Å². The van der Waals surface area contributed by atoms with E-state index in [1.54, 1.807) is 24.3 Å². The molecule has 1 fully saturated rings. The minimum atomic E-state index is -1.65. The standard InChI is InChI=1S/C25H28O11/c1-33-19-12-14(3-2-10-26)5-8-18(19)35-25-24(32)23(31)22(30)20(36-25)13-34-21(29)9-6-15-4-7-16(27)17(28)11-15/h2-9,11-12,20,22-28,30-32H,10,13H2,1H3/b3-2+,9-6+/t20-,22-,23+,24-,25-/m1/s1. The van der Waals surface area contributed by atoms with Gasteiger partial charge in [0.15, 0.2) is 23.0 Å². The third kappa shape index (κ3) is 6.74. The monoisotopic (exact) mass is 504 g/mol. The average molecular weight is 504 g/mol. The molecule has 1 aliphatic rings. The second kappa shape index (κ2) is 12.4. The molecule has 0 radical (unpaired) electrons. The van der Waals surface area contributed by atoms with Gasteiger partial charge in [0.25, 0.3) is 0 Å². The van der Waals surface area contributed by atoms with Crippen molar-refractivity contribution < 1.29 is 54.4 Å². The van der Waals surface area contributed by atoms with Gasteiger partial charge in [-0.3, -0.25) is 0 Å². The topological polar surface area (TPSA) is 175 Å². The molecule has 0 bridgehead atoms. The van der Waals surface area contributed by atoms with Crippen LogP contribution in [0.15, 0.2) is 48.6 Å². The van der Waals surface area contributed by atoms with Gasteiger partial charge in [-0.2, -0.15) is 0 Å². The van der Waals surface area contributed by atoms with Crippen LogP contribution >= 0.6 is 0 Å². The molecule has 0 saturated carbocycles. The Kier molecular flexibility index (Phi) is 9.28. The van der Waals surface area contributed by atoms with Gasteiger partial charge in [0.1, 0.15) is 31.0 Å². The van der Waals surface area contributed by atoms with Crippen molar-refractivity contribution in [2.45, 2.75) is 30.7 Å². The summed E-state index contributed by atoms with van der Waals surface area (Å²) in [5.74, 6) is -0.981.